The van der Waals surface area contributed by atoms with Crippen LogP contribution in [-0.2, 0) is 0 Å². The Morgan fingerprint density at radius 1 is 0.323 bits per heavy atom. The van der Waals surface area contributed by atoms with Crippen LogP contribution in [0.1, 0.15) is 20.7 Å². The number of anilines is 2. The molecule has 0 aliphatic heterocycles. The number of nitrogens with two attached hydrogens (primary N) is 2. The highest BCUT2D eigenvalue weighted by atomic mass is 16.2. The summed E-state index contributed by atoms with van der Waals surface area (Å²) in [6.45, 7) is 0. The predicted molar refractivity (Wildman–Crippen MR) is 258 cm³/mol. The smallest absolute Gasteiger partial charge is 0.234 e. The van der Waals surface area contributed by atoms with Gasteiger partial charge in [0.2, 0.25) is 11.6 Å². The Balaban J connectivity index is 0.000000116. The van der Waals surface area contributed by atoms with E-state index in [0.717, 1.165) is 60.1 Å². The fraction of sp³-hybridized carbons (Fsp3) is 0. The summed E-state index contributed by atoms with van der Waals surface area (Å²) in [7, 11) is 0. The van der Waals surface area contributed by atoms with Crippen molar-refractivity contribution < 1.29 is 9.59 Å². The van der Waals surface area contributed by atoms with Crippen LogP contribution in [0.25, 0.3) is 97.8 Å². The number of hydrogen-bond donors (Lipinski definition) is 2. The number of hydrogen-bond acceptors (Lipinski definition) is 6. The maximum atomic E-state index is 12.4. The normalized spacial score (nSPS) is 12.1. The summed E-state index contributed by atoms with van der Waals surface area (Å²) >= 11 is 0. The molecule has 0 radical (unpaired) electrons. The maximum absolute atomic E-state index is 12.4. The fourth-order valence-electron chi connectivity index (χ4n) is 8.95. The van der Waals surface area contributed by atoms with Crippen molar-refractivity contribution in [3.8, 4) is 11.1 Å². The first kappa shape index (κ1) is 36.6. The summed E-state index contributed by atoms with van der Waals surface area (Å²) in [4.78, 5) is 35.1. The number of rotatable bonds is 0. The van der Waals surface area contributed by atoms with Crippen LogP contribution in [0.15, 0.2) is 194 Å². The van der Waals surface area contributed by atoms with E-state index in [1.165, 1.54) is 37.7 Å². The van der Waals surface area contributed by atoms with E-state index in [9.17, 15) is 9.59 Å². The largest absolute Gasteiger partial charge is 0.397 e. The van der Waals surface area contributed by atoms with Gasteiger partial charge in [0.1, 0.15) is 0 Å². The van der Waals surface area contributed by atoms with Gasteiger partial charge in [0, 0.05) is 21.9 Å². The summed E-state index contributed by atoms with van der Waals surface area (Å²) in [6, 6.07) is 64.9. The molecule has 6 heteroatoms. The Labute approximate surface area is 355 Å². The molecule has 6 nitrogen and oxygen atoms in total. The second kappa shape index (κ2) is 14.7. The number of fused-ring (bicyclic) bond motifs is 16. The van der Waals surface area contributed by atoms with Crippen LogP contribution in [0.4, 0.5) is 11.4 Å². The average molecular weight is 797 g/mol. The number of aromatic nitrogens is 2. The zero-order valence-corrected chi connectivity index (χ0v) is 33.3. The van der Waals surface area contributed by atoms with Crippen molar-refractivity contribution in [3.63, 3.8) is 0 Å². The van der Waals surface area contributed by atoms with Gasteiger partial charge >= 0.3 is 0 Å². The maximum Gasteiger partial charge on any atom is 0.234 e. The number of Topliss-reactive ketones (excluding diaryl/α,β-unsaturated/α-hetero) is 2. The molecule has 13 rings (SSSR count). The second-order valence-corrected chi connectivity index (χ2v) is 15.6. The van der Waals surface area contributed by atoms with Crippen LogP contribution in [-0.4, -0.2) is 21.5 Å². The van der Waals surface area contributed by atoms with E-state index in [1.807, 2.05) is 84.9 Å². The number of nitrogen functional groups attached to an aromatic ring is 2. The molecule has 0 bridgehead atoms. The highest BCUT2D eigenvalue weighted by molar-refractivity contribution is 6.54. The lowest BCUT2D eigenvalue weighted by atomic mass is 9.81. The van der Waals surface area contributed by atoms with E-state index in [1.54, 1.807) is 12.1 Å². The van der Waals surface area contributed by atoms with Gasteiger partial charge in [-0.25, -0.2) is 9.97 Å². The van der Waals surface area contributed by atoms with Gasteiger partial charge in [-0.2, -0.15) is 0 Å². The summed E-state index contributed by atoms with van der Waals surface area (Å²) in [5, 5.41) is 13.7. The molecule has 1 heterocycles. The van der Waals surface area contributed by atoms with E-state index in [2.05, 4.69) is 97.1 Å². The molecule has 0 fully saturated rings. The molecule has 4 N–H and O–H groups in total. The third-order valence-corrected chi connectivity index (χ3v) is 11.9. The van der Waals surface area contributed by atoms with Crippen molar-refractivity contribution in [3.05, 3.63) is 205 Å². The molecule has 1 aromatic heterocycles. The van der Waals surface area contributed by atoms with Crippen LogP contribution in [0.3, 0.4) is 0 Å². The van der Waals surface area contributed by atoms with Crippen molar-refractivity contribution >= 4 is 110 Å². The molecule has 0 spiro atoms. The monoisotopic (exact) mass is 796 g/mol. The van der Waals surface area contributed by atoms with Gasteiger partial charge in [0.15, 0.2) is 0 Å². The molecule has 0 amide bonds. The standard InChI is InChI=1S/C28H16N2.C18H10O2.C10H10N2/c1-2-9-19-16-25-24(15-18(19)8-1)29-27-23-12-6-5-11-21(23)22-14-13-17-7-3-4-10-20(17)26(22)28(27)30-25;19-17-15-8-4-3-7-13(15)14-10-9-11-5-1-2-6-12(11)16(14)18(17)20;11-9-5-7-3-1-2-4-8(7)6-10(9)12/h1-16H;1-10H;1-6H,11-12H2. The summed E-state index contributed by atoms with van der Waals surface area (Å²) < 4.78 is 0. The lowest BCUT2D eigenvalue weighted by Crippen LogP contribution is -2.21. The van der Waals surface area contributed by atoms with Crippen LogP contribution in [0.5, 0.6) is 0 Å². The molecule has 11 aromatic carbocycles. The van der Waals surface area contributed by atoms with E-state index in [0.29, 0.717) is 22.5 Å². The van der Waals surface area contributed by atoms with Gasteiger partial charge < -0.3 is 11.5 Å². The topological polar surface area (TPSA) is 112 Å². The number of nitrogens with zero attached hydrogens (tertiary/aromatic N) is 2. The zero-order chi connectivity index (χ0) is 41.9. The van der Waals surface area contributed by atoms with Gasteiger partial charge in [-0.05, 0) is 89.3 Å². The molecule has 1 aliphatic rings. The van der Waals surface area contributed by atoms with E-state index in [-0.39, 0.29) is 0 Å². The molecule has 0 unspecified atom stereocenters. The Morgan fingerprint density at radius 2 is 0.774 bits per heavy atom. The van der Waals surface area contributed by atoms with Gasteiger partial charge in [0.05, 0.1) is 33.4 Å². The molecule has 12 aromatic rings. The quantitative estimate of drug-likeness (QED) is 0.0684. The summed E-state index contributed by atoms with van der Waals surface area (Å²) in [5.41, 5.74) is 19.2. The van der Waals surface area contributed by atoms with Crippen molar-refractivity contribution in [2.75, 3.05) is 11.5 Å². The minimum atomic E-state index is -0.413. The minimum absolute atomic E-state index is 0.407. The molecule has 0 atom stereocenters. The molecule has 0 saturated heterocycles. The first-order valence-electron chi connectivity index (χ1n) is 20.5. The van der Waals surface area contributed by atoms with E-state index >= 15 is 0 Å². The van der Waals surface area contributed by atoms with Gasteiger partial charge in [0.25, 0.3) is 0 Å². The molecule has 292 valence electrons. The third-order valence-electron chi connectivity index (χ3n) is 11.9. The van der Waals surface area contributed by atoms with Gasteiger partial charge in [-0.15, -0.1) is 0 Å². The molecular weight excluding hydrogens is 761 g/mol. The average Bonchev–Trinajstić information content (AvgIpc) is 3.32. The van der Waals surface area contributed by atoms with Crippen LogP contribution >= 0.6 is 0 Å². The van der Waals surface area contributed by atoms with E-state index in [4.69, 9.17) is 21.4 Å². The highest BCUT2D eigenvalue weighted by Gasteiger charge is 2.31. The first-order chi connectivity index (χ1) is 30.4. The van der Waals surface area contributed by atoms with Crippen LogP contribution in [0, 0.1) is 0 Å². The lowest BCUT2D eigenvalue weighted by Gasteiger charge is -2.19. The van der Waals surface area contributed by atoms with Crippen molar-refractivity contribution in [2.45, 2.75) is 0 Å². The Morgan fingerprint density at radius 3 is 1.40 bits per heavy atom. The molecular formula is C56H36N4O2. The zero-order valence-electron chi connectivity index (χ0n) is 33.3. The Bertz CT molecular complexity index is 3790. The third kappa shape index (κ3) is 6.04. The second-order valence-electron chi connectivity index (χ2n) is 15.6. The Hall–Kier alpha value is -8.48. The van der Waals surface area contributed by atoms with Crippen LogP contribution < -0.4 is 11.5 Å². The summed E-state index contributed by atoms with van der Waals surface area (Å²) in [6.07, 6.45) is 0. The number of ketones is 2. The van der Waals surface area contributed by atoms with Crippen LogP contribution in [0.2, 0.25) is 0 Å². The predicted octanol–water partition coefficient (Wildman–Crippen LogP) is 13.3. The fourth-order valence-corrected chi connectivity index (χ4v) is 8.95. The molecule has 0 saturated carbocycles. The van der Waals surface area contributed by atoms with Gasteiger partial charge in [-0.1, -0.05) is 170 Å². The number of carbonyl (C=O) groups is 2. The van der Waals surface area contributed by atoms with E-state index < -0.39 is 11.6 Å². The van der Waals surface area contributed by atoms with Crippen molar-refractivity contribution in [2.24, 2.45) is 0 Å². The Kier molecular flexibility index (Phi) is 8.65. The SMILES string of the molecule is Nc1cc2ccccc2cc1N.O=C1C(=O)c2c(ccc3ccccc23)-c2ccccc21.c1ccc2cc3nc4c(nc3cc2c1)c1ccccc1c1ccc2ccccc2c14. The van der Waals surface area contributed by atoms with Crippen molar-refractivity contribution in [1.82, 2.24) is 9.97 Å². The van der Waals surface area contributed by atoms with Gasteiger partial charge in [-0.3, -0.25) is 9.59 Å². The minimum Gasteiger partial charge on any atom is -0.397 e. The number of benzene rings is 11. The van der Waals surface area contributed by atoms with Crippen molar-refractivity contribution in [1.29, 1.82) is 0 Å². The molecule has 62 heavy (non-hydrogen) atoms. The highest BCUT2D eigenvalue weighted by Crippen LogP contribution is 2.39. The molecule has 1 aliphatic carbocycles. The lowest BCUT2D eigenvalue weighted by molar-refractivity contribution is 0.0816. The number of carbonyl (C=O) groups excluding carboxylic acids is 2. The summed E-state index contributed by atoms with van der Waals surface area (Å²) in [5.74, 6) is -0.819. The first-order valence-corrected chi connectivity index (χ1v) is 20.5.